The van der Waals surface area contributed by atoms with Gasteiger partial charge in [-0.2, -0.15) is 18.3 Å². The molecule has 0 radical (unpaired) electrons. The van der Waals surface area contributed by atoms with Crippen molar-refractivity contribution in [3.8, 4) is 5.75 Å². The summed E-state index contributed by atoms with van der Waals surface area (Å²) in [6, 6.07) is 14.3. The van der Waals surface area contributed by atoms with Crippen molar-refractivity contribution in [1.82, 2.24) is 10.4 Å². The van der Waals surface area contributed by atoms with Crippen molar-refractivity contribution in [2.75, 3.05) is 5.32 Å². The van der Waals surface area contributed by atoms with Gasteiger partial charge < -0.3 is 10.1 Å². The van der Waals surface area contributed by atoms with E-state index >= 15 is 0 Å². The maximum Gasteiger partial charge on any atom is 0.416 e. The standard InChI is InChI=1S/C26H18Br2F3N5O4S/c27-21-8-16(9-22(28)24(21)40-13-15-3-1-6-20(7-15)36(38)39)12-32-35-23(37)11-19-14-41-25(34-19)33-18-5-2-4-17(10-18)26(29,30)31/h1-10,12,14H,11,13H2,(H,33,34)(H,35,37)/b32-12-. The summed E-state index contributed by atoms with van der Waals surface area (Å²) < 4.78 is 45.8. The molecule has 0 unspecified atom stereocenters. The molecule has 41 heavy (non-hydrogen) atoms. The van der Waals surface area contributed by atoms with E-state index < -0.39 is 22.6 Å². The molecule has 4 aromatic rings. The van der Waals surface area contributed by atoms with Crippen molar-refractivity contribution in [3.63, 3.8) is 0 Å². The van der Waals surface area contributed by atoms with E-state index in [1.807, 2.05) is 0 Å². The van der Waals surface area contributed by atoms with E-state index in [-0.39, 0.29) is 24.4 Å². The summed E-state index contributed by atoms with van der Waals surface area (Å²) in [6.07, 6.45) is -3.11. The fourth-order valence-electron chi connectivity index (χ4n) is 3.43. The van der Waals surface area contributed by atoms with Crippen LogP contribution in [0.1, 0.15) is 22.4 Å². The fourth-order valence-corrected chi connectivity index (χ4v) is 5.61. The van der Waals surface area contributed by atoms with Crippen LogP contribution in [0.5, 0.6) is 5.75 Å². The van der Waals surface area contributed by atoms with Crippen molar-refractivity contribution in [1.29, 1.82) is 0 Å². The first-order valence-corrected chi connectivity index (χ1v) is 14.0. The lowest BCUT2D eigenvalue weighted by Gasteiger charge is -2.11. The molecular weight excluding hydrogens is 695 g/mol. The van der Waals surface area contributed by atoms with Crippen molar-refractivity contribution in [2.24, 2.45) is 5.10 Å². The molecule has 0 aliphatic heterocycles. The number of aromatic nitrogens is 1. The Hall–Kier alpha value is -3.82. The van der Waals surface area contributed by atoms with Crippen molar-refractivity contribution in [3.05, 3.63) is 107 Å². The van der Waals surface area contributed by atoms with Crippen molar-refractivity contribution >= 4 is 71.8 Å². The van der Waals surface area contributed by atoms with E-state index in [4.69, 9.17) is 4.74 Å². The van der Waals surface area contributed by atoms with Crippen LogP contribution in [0.25, 0.3) is 0 Å². The predicted molar refractivity (Wildman–Crippen MR) is 156 cm³/mol. The number of thiazole rings is 1. The zero-order valence-corrected chi connectivity index (χ0v) is 24.6. The van der Waals surface area contributed by atoms with Gasteiger partial charge in [0, 0.05) is 23.2 Å². The molecular formula is C26H18Br2F3N5O4S. The lowest BCUT2D eigenvalue weighted by molar-refractivity contribution is -0.384. The number of hydrazone groups is 1. The number of hydrogen-bond acceptors (Lipinski definition) is 8. The van der Waals surface area contributed by atoms with E-state index in [1.165, 1.54) is 30.5 Å². The first-order valence-electron chi connectivity index (χ1n) is 11.5. The first-order chi connectivity index (χ1) is 19.5. The highest BCUT2D eigenvalue weighted by Gasteiger charge is 2.30. The molecule has 1 amide bonds. The number of anilines is 2. The number of nitro benzene ring substituents is 1. The number of rotatable bonds is 10. The third kappa shape index (κ3) is 8.58. The minimum Gasteiger partial charge on any atom is -0.487 e. The molecule has 0 aliphatic carbocycles. The Morgan fingerprint density at radius 1 is 1.12 bits per heavy atom. The van der Waals surface area contributed by atoms with Crippen LogP contribution < -0.4 is 15.5 Å². The number of carbonyl (C=O) groups excluding carboxylic acids is 1. The fraction of sp³-hybridized carbons (Fsp3) is 0.115. The van der Waals surface area contributed by atoms with Crippen LogP contribution in [0.3, 0.4) is 0 Å². The molecule has 4 rings (SSSR count). The number of carbonyl (C=O) groups is 1. The molecule has 3 aromatic carbocycles. The Balaban J connectivity index is 1.30. The molecule has 0 saturated carbocycles. The smallest absolute Gasteiger partial charge is 0.416 e. The van der Waals surface area contributed by atoms with Crippen LogP contribution in [-0.2, 0) is 24.0 Å². The topological polar surface area (TPSA) is 119 Å². The molecule has 9 nitrogen and oxygen atoms in total. The molecule has 2 N–H and O–H groups in total. The Morgan fingerprint density at radius 3 is 2.56 bits per heavy atom. The number of benzene rings is 3. The van der Waals surface area contributed by atoms with Crippen LogP contribution in [0.4, 0.5) is 29.7 Å². The summed E-state index contributed by atoms with van der Waals surface area (Å²) in [5, 5.41) is 19.7. The quantitative estimate of drug-likeness (QED) is 0.0993. The van der Waals surface area contributed by atoms with Gasteiger partial charge in [-0.15, -0.1) is 11.3 Å². The van der Waals surface area contributed by atoms with Gasteiger partial charge in [-0.3, -0.25) is 14.9 Å². The predicted octanol–water partition coefficient (Wildman–Crippen LogP) is 7.61. The third-order valence-electron chi connectivity index (χ3n) is 5.26. The van der Waals surface area contributed by atoms with Gasteiger partial charge in [-0.1, -0.05) is 18.2 Å². The number of ether oxygens (including phenoxy) is 1. The van der Waals surface area contributed by atoms with Crippen molar-refractivity contribution in [2.45, 2.75) is 19.2 Å². The molecule has 0 aliphatic rings. The molecule has 15 heteroatoms. The normalized spacial score (nSPS) is 11.4. The lowest BCUT2D eigenvalue weighted by atomic mass is 10.2. The highest BCUT2D eigenvalue weighted by atomic mass is 79.9. The zero-order valence-electron chi connectivity index (χ0n) is 20.6. The number of halogens is 5. The minimum atomic E-state index is -4.46. The Kier molecular flexibility index (Phi) is 9.73. The van der Waals surface area contributed by atoms with Gasteiger partial charge in [0.15, 0.2) is 5.13 Å². The average molecular weight is 713 g/mol. The number of hydrogen-bond donors (Lipinski definition) is 2. The highest BCUT2D eigenvalue weighted by Crippen LogP contribution is 2.35. The number of non-ortho nitro benzene ring substituents is 1. The van der Waals surface area contributed by atoms with E-state index in [1.54, 1.807) is 29.6 Å². The van der Waals surface area contributed by atoms with E-state index in [9.17, 15) is 28.1 Å². The second-order valence-corrected chi connectivity index (χ2v) is 10.9. The zero-order chi connectivity index (χ0) is 29.6. The largest absolute Gasteiger partial charge is 0.487 e. The summed E-state index contributed by atoms with van der Waals surface area (Å²) in [7, 11) is 0. The molecule has 1 aromatic heterocycles. The monoisotopic (exact) mass is 711 g/mol. The average Bonchev–Trinajstić information content (AvgIpc) is 3.34. The molecule has 0 atom stereocenters. The number of nitrogens with zero attached hydrogens (tertiary/aromatic N) is 3. The summed E-state index contributed by atoms with van der Waals surface area (Å²) in [4.78, 5) is 27.0. The maximum atomic E-state index is 12.9. The van der Waals surface area contributed by atoms with Gasteiger partial charge in [0.2, 0.25) is 5.91 Å². The maximum absolute atomic E-state index is 12.9. The van der Waals surface area contributed by atoms with Crippen LogP contribution >= 0.6 is 43.2 Å². The second kappa shape index (κ2) is 13.2. The number of nitro groups is 1. The van der Waals surface area contributed by atoms with Gasteiger partial charge in [0.25, 0.3) is 5.69 Å². The summed E-state index contributed by atoms with van der Waals surface area (Å²) in [6.45, 7) is 0.107. The minimum absolute atomic E-state index is 0.0279. The second-order valence-electron chi connectivity index (χ2n) is 8.35. The van der Waals surface area contributed by atoms with Gasteiger partial charge in [0.1, 0.15) is 12.4 Å². The van der Waals surface area contributed by atoms with Crippen molar-refractivity contribution < 1.29 is 27.6 Å². The van der Waals surface area contributed by atoms with Gasteiger partial charge >= 0.3 is 6.18 Å². The van der Waals surface area contributed by atoms with Crippen LogP contribution in [0, 0.1) is 10.1 Å². The summed E-state index contributed by atoms with van der Waals surface area (Å²) >= 11 is 8.02. The number of amides is 1. The van der Waals surface area contributed by atoms with E-state index in [0.29, 0.717) is 36.6 Å². The van der Waals surface area contributed by atoms with Gasteiger partial charge in [-0.25, -0.2) is 10.4 Å². The Bertz CT molecular complexity index is 1590. The molecule has 0 bridgehead atoms. The highest BCUT2D eigenvalue weighted by molar-refractivity contribution is 9.11. The first kappa shape index (κ1) is 30.1. The van der Waals surface area contributed by atoms with Gasteiger partial charge in [0.05, 0.1) is 37.8 Å². The van der Waals surface area contributed by atoms with Crippen LogP contribution in [0.2, 0.25) is 0 Å². The van der Waals surface area contributed by atoms with Crippen LogP contribution in [-0.4, -0.2) is 22.0 Å². The van der Waals surface area contributed by atoms with Crippen LogP contribution in [0.15, 0.2) is 80.1 Å². The SMILES string of the molecule is O=C(Cc1csc(Nc2cccc(C(F)(F)F)c2)n1)N/N=C\c1cc(Br)c(OCc2cccc([N+](=O)[O-])c2)c(Br)c1. The van der Waals surface area contributed by atoms with Gasteiger partial charge in [-0.05, 0) is 73.3 Å². The molecule has 1 heterocycles. The molecule has 0 spiro atoms. The lowest BCUT2D eigenvalue weighted by Crippen LogP contribution is -2.19. The third-order valence-corrected chi connectivity index (χ3v) is 7.25. The Morgan fingerprint density at radius 2 is 1.85 bits per heavy atom. The van der Waals surface area contributed by atoms with E-state index in [2.05, 4.69) is 52.7 Å². The summed E-state index contributed by atoms with van der Waals surface area (Å²) in [5.74, 6) is 0.0444. The number of alkyl halides is 3. The molecule has 0 fully saturated rings. The summed E-state index contributed by atoms with van der Waals surface area (Å²) in [5.41, 5.74) is 3.52. The Labute approximate surface area is 251 Å². The van der Waals surface area contributed by atoms with E-state index in [0.717, 1.165) is 23.5 Å². The molecule has 212 valence electrons. The molecule has 0 saturated heterocycles. The number of nitrogens with one attached hydrogen (secondary N) is 2.